The van der Waals surface area contributed by atoms with Crippen molar-refractivity contribution in [3.63, 3.8) is 0 Å². The van der Waals surface area contributed by atoms with Crippen LogP contribution in [0.4, 0.5) is 0 Å². The molecule has 0 aliphatic heterocycles. The van der Waals surface area contributed by atoms with E-state index in [0.717, 1.165) is 12.1 Å². The second-order valence-corrected chi connectivity index (χ2v) is 3.99. The lowest BCUT2D eigenvalue weighted by molar-refractivity contribution is 0.129. The van der Waals surface area contributed by atoms with Gasteiger partial charge in [0.1, 0.15) is 0 Å². The largest absolute Gasteiger partial charge is 0.493 e. The number of nitrogens with zero attached hydrogens (tertiary/aromatic N) is 1. The van der Waals surface area contributed by atoms with Crippen LogP contribution in [0, 0.1) is 0 Å². The van der Waals surface area contributed by atoms with Gasteiger partial charge in [0, 0.05) is 6.54 Å². The van der Waals surface area contributed by atoms with Crippen molar-refractivity contribution in [1.82, 2.24) is 4.90 Å². The highest BCUT2D eigenvalue weighted by Crippen LogP contribution is 2.30. The van der Waals surface area contributed by atoms with E-state index in [1.54, 1.807) is 14.2 Å². The molecule has 17 heavy (non-hydrogen) atoms. The topological polar surface area (TPSA) is 41.9 Å². The SMILES string of the molecule is CCN(C)CC(O)c1ccc(OC)c(OC)c1. The van der Waals surface area contributed by atoms with E-state index in [0.29, 0.717) is 18.0 Å². The molecule has 0 aromatic heterocycles. The number of benzene rings is 1. The van der Waals surface area contributed by atoms with Crippen molar-refractivity contribution in [3.8, 4) is 11.5 Å². The number of hydrogen-bond donors (Lipinski definition) is 1. The fourth-order valence-corrected chi connectivity index (χ4v) is 1.59. The van der Waals surface area contributed by atoms with Gasteiger partial charge in [0.25, 0.3) is 0 Å². The van der Waals surface area contributed by atoms with Gasteiger partial charge in [-0.1, -0.05) is 13.0 Å². The third kappa shape index (κ3) is 3.61. The monoisotopic (exact) mass is 239 g/mol. The first-order valence-corrected chi connectivity index (χ1v) is 5.70. The second-order valence-electron chi connectivity index (χ2n) is 3.99. The summed E-state index contributed by atoms with van der Waals surface area (Å²) in [5.74, 6) is 1.32. The Labute approximate surface area is 103 Å². The van der Waals surface area contributed by atoms with Gasteiger partial charge in [-0.3, -0.25) is 0 Å². The number of hydrogen-bond acceptors (Lipinski definition) is 4. The molecule has 1 rings (SSSR count). The van der Waals surface area contributed by atoms with Crippen molar-refractivity contribution in [1.29, 1.82) is 0 Å². The molecule has 96 valence electrons. The zero-order valence-electron chi connectivity index (χ0n) is 10.9. The molecule has 0 bridgehead atoms. The fourth-order valence-electron chi connectivity index (χ4n) is 1.59. The van der Waals surface area contributed by atoms with Crippen molar-refractivity contribution < 1.29 is 14.6 Å². The zero-order valence-corrected chi connectivity index (χ0v) is 10.9. The summed E-state index contributed by atoms with van der Waals surface area (Å²) < 4.78 is 10.4. The molecule has 0 heterocycles. The van der Waals surface area contributed by atoms with Crippen LogP contribution >= 0.6 is 0 Å². The number of methoxy groups -OCH3 is 2. The summed E-state index contributed by atoms with van der Waals surface area (Å²) >= 11 is 0. The summed E-state index contributed by atoms with van der Waals surface area (Å²) in [6.07, 6.45) is -0.514. The molecule has 0 spiro atoms. The summed E-state index contributed by atoms with van der Waals surface area (Å²) in [6, 6.07) is 5.48. The van der Waals surface area contributed by atoms with Crippen LogP contribution in [0.25, 0.3) is 0 Å². The van der Waals surface area contributed by atoms with E-state index in [2.05, 4.69) is 11.8 Å². The lowest BCUT2D eigenvalue weighted by atomic mass is 10.1. The average Bonchev–Trinajstić information content (AvgIpc) is 2.37. The number of aliphatic hydroxyl groups excluding tert-OH is 1. The molecule has 1 N–H and O–H groups in total. The number of aliphatic hydroxyl groups is 1. The van der Waals surface area contributed by atoms with E-state index in [9.17, 15) is 5.11 Å². The Kier molecular flexibility index (Phi) is 5.25. The number of ether oxygens (including phenoxy) is 2. The minimum absolute atomic E-state index is 0.514. The first kappa shape index (κ1) is 13.8. The summed E-state index contributed by atoms with van der Waals surface area (Å²) in [7, 11) is 5.16. The molecule has 0 saturated carbocycles. The Morgan fingerprint density at radius 1 is 1.24 bits per heavy atom. The zero-order chi connectivity index (χ0) is 12.8. The summed E-state index contributed by atoms with van der Waals surface area (Å²) in [5.41, 5.74) is 0.836. The maximum Gasteiger partial charge on any atom is 0.161 e. The van der Waals surface area contributed by atoms with Crippen molar-refractivity contribution in [2.45, 2.75) is 13.0 Å². The first-order valence-electron chi connectivity index (χ1n) is 5.70. The Morgan fingerprint density at radius 2 is 1.88 bits per heavy atom. The first-order chi connectivity index (χ1) is 8.12. The van der Waals surface area contributed by atoms with E-state index < -0.39 is 6.10 Å². The molecular formula is C13H21NO3. The third-order valence-electron chi connectivity index (χ3n) is 2.82. The lowest BCUT2D eigenvalue weighted by Crippen LogP contribution is -2.24. The molecular weight excluding hydrogens is 218 g/mol. The Hall–Kier alpha value is -1.26. The quantitative estimate of drug-likeness (QED) is 0.820. The molecule has 1 atom stereocenters. The van der Waals surface area contributed by atoms with E-state index in [1.165, 1.54) is 0 Å². The van der Waals surface area contributed by atoms with E-state index >= 15 is 0 Å². The third-order valence-corrected chi connectivity index (χ3v) is 2.82. The van der Waals surface area contributed by atoms with Gasteiger partial charge in [-0.2, -0.15) is 0 Å². The molecule has 1 aromatic rings. The second kappa shape index (κ2) is 6.47. The minimum Gasteiger partial charge on any atom is -0.493 e. The highest BCUT2D eigenvalue weighted by molar-refractivity contribution is 5.43. The molecule has 4 heteroatoms. The normalized spacial score (nSPS) is 12.6. The molecule has 1 unspecified atom stereocenters. The van der Waals surface area contributed by atoms with Gasteiger partial charge >= 0.3 is 0 Å². The summed E-state index contributed by atoms with van der Waals surface area (Å²) in [6.45, 7) is 3.57. The molecule has 0 aliphatic carbocycles. The van der Waals surface area contributed by atoms with Gasteiger partial charge in [-0.15, -0.1) is 0 Å². The molecule has 0 saturated heterocycles. The van der Waals surface area contributed by atoms with Crippen LogP contribution in [-0.4, -0.2) is 44.4 Å². The minimum atomic E-state index is -0.514. The molecule has 1 aromatic carbocycles. The van der Waals surface area contributed by atoms with Crippen LogP contribution in [0.15, 0.2) is 18.2 Å². The van der Waals surface area contributed by atoms with Gasteiger partial charge in [-0.05, 0) is 31.3 Å². The Bertz CT molecular complexity index is 355. The van der Waals surface area contributed by atoms with E-state index in [-0.39, 0.29) is 0 Å². The molecule has 0 fully saturated rings. The standard InChI is InChI=1S/C13H21NO3/c1-5-14(2)9-11(15)10-6-7-12(16-3)13(8-10)17-4/h6-8,11,15H,5,9H2,1-4H3. The summed E-state index contributed by atoms with van der Waals surface area (Å²) in [4.78, 5) is 2.06. The van der Waals surface area contributed by atoms with Crippen LogP contribution in [0.1, 0.15) is 18.6 Å². The molecule has 0 aliphatic rings. The lowest BCUT2D eigenvalue weighted by Gasteiger charge is -2.19. The van der Waals surface area contributed by atoms with Gasteiger partial charge in [-0.25, -0.2) is 0 Å². The van der Waals surface area contributed by atoms with Crippen LogP contribution in [-0.2, 0) is 0 Å². The van der Waals surface area contributed by atoms with E-state index in [4.69, 9.17) is 9.47 Å². The maximum absolute atomic E-state index is 10.1. The van der Waals surface area contributed by atoms with Crippen LogP contribution < -0.4 is 9.47 Å². The highest BCUT2D eigenvalue weighted by Gasteiger charge is 2.12. The predicted molar refractivity (Wildman–Crippen MR) is 67.7 cm³/mol. The maximum atomic E-state index is 10.1. The highest BCUT2D eigenvalue weighted by atomic mass is 16.5. The Balaban J connectivity index is 2.84. The van der Waals surface area contributed by atoms with E-state index in [1.807, 2.05) is 25.2 Å². The van der Waals surface area contributed by atoms with Crippen molar-refractivity contribution in [2.75, 3.05) is 34.4 Å². The number of likely N-dealkylation sites (N-methyl/N-ethyl adjacent to an activating group) is 1. The van der Waals surface area contributed by atoms with Crippen LogP contribution in [0.5, 0.6) is 11.5 Å². The van der Waals surface area contributed by atoms with Gasteiger partial charge < -0.3 is 19.5 Å². The van der Waals surface area contributed by atoms with Crippen LogP contribution in [0.2, 0.25) is 0 Å². The predicted octanol–water partition coefficient (Wildman–Crippen LogP) is 1.69. The van der Waals surface area contributed by atoms with Crippen molar-refractivity contribution in [3.05, 3.63) is 23.8 Å². The molecule has 4 nitrogen and oxygen atoms in total. The summed E-state index contributed by atoms with van der Waals surface area (Å²) in [5, 5.41) is 10.1. The van der Waals surface area contributed by atoms with Crippen molar-refractivity contribution >= 4 is 0 Å². The van der Waals surface area contributed by atoms with Gasteiger partial charge in [0.05, 0.1) is 20.3 Å². The van der Waals surface area contributed by atoms with Crippen LogP contribution in [0.3, 0.4) is 0 Å². The Morgan fingerprint density at radius 3 is 2.41 bits per heavy atom. The average molecular weight is 239 g/mol. The molecule has 0 amide bonds. The van der Waals surface area contributed by atoms with Gasteiger partial charge in [0.15, 0.2) is 11.5 Å². The number of rotatable bonds is 6. The fraction of sp³-hybridized carbons (Fsp3) is 0.538. The van der Waals surface area contributed by atoms with Crippen molar-refractivity contribution in [2.24, 2.45) is 0 Å². The van der Waals surface area contributed by atoms with Gasteiger partial charge in [0.2, 0.25) is 0 Å². The smallest absolute Gasteiger partial charge is 0.161 e. The molecule has 0 radical (unpaired) electrons.